The number of nitrogens with one attached hydrogen (secondary N) is 1. The van der Waals surface area contributed by atoms with Crippen molar-refractivity contribution in [2.75, 3.05) is 19.8 Å². The minimum atomic E-state index is -1.29. The van der Waals surface area contributed by atoms with Gasteiger partial charge in [-0.2, -0.15) is 5.10 Å². The number of morpholine rings is 1. The van der Waals surface area contributed by atoms with Gasteiger partial charge in [-0.1, -0.05) is 0 Å². The van der Waals surface area contributed by atoms with E-state index in [1.54, 1.807) is 18.7 Å². The maximum absolute atomic E-state index is 14.4. The molecule has 2 atom stereocenters. The van der Waals surface area contributed by atoms with Crippen molar-refractivity contribution in [2.45, 2.75) is 31.5 Å². The molecule has 2 heterocycles. The first-order valence-electron chi connectivity index (χ1n) is 5.90. The van der Waals surface area contributed by atoms with Gasteiger partial charge in [0.05, 0.1) is 13.2 Å². The lowest BCUT2D eigenvalue weighted by molar-refractivity contribution is 0.0476. The molecule has 2 rings (SSSR count). The van der Waals surface area contributed by atoms with Gasteiger partial charge < -0.3 is 10.1 Å². The van der Waals surface area contributed by atoms with Crippen molar-refractivity contribution >= 4 is 0 Å². The molecule has 0 radical (unpaired) electrons. The van der Waals surface area contributed by atoms with Crippen LogP contribution in [0.25, 0.3) is 0 Å². The van der Waals surface area contributed by atoms with Crippen molar-refractivity contribution < 1.29 is 9.13 Å². The lowest BCUT2D eigenvalue weighted by Gasteiger charge is -2.29. The molecule has 1 aromatic rings. The highest BCUT2D eigenvalue weighted by atomic mass is 19.1. The molecule has 0 spiro atoms. The van der Waals surface area contributed by atoms with Gasteiger partial charge in [0.2, 0.25) is 0 Å². The van der Waals surface area contributed by atoms with Crippen molar-refractivity contribution in [1.29, 1.82) is 0 Å². The average molecular weight is 242 g/mol. The molecule has 1 N–H and O–H groups in total. The molecule has 1 saturated heterocycles. The largest absolute Gasteiger partial charge is 0.379 e. The molecule has 6 heteroatoms. The van der Waals surface area contributed by atoms with Gasteiger partial charge in [0, 0.05) is 26.1 Å². The van der Waals surface area contributed by atoms with Crippen LogP contribution in [0.1, 0.15) is 19.2 Å². The summed E-state index contributed by atoms with van der Waals surface area (Å²) in [6.07, 6.45) is 2.16. The van der Waals surface area contributed by atoms with Crippen LogP contribution in [0.3, 0.4) is 0 Å². The summed E-state index contributed by atoms with van der Waals surface area (Å²) in [5, 5.41) is 7.21. The number of hydrogen-bond donors (Lipinski definition) is 1. The Bertz CT molecular complexity index is 360. The highest BCUT2D eigenvalue weighted by Gasteiger charge is 2.30. The molecular formula is C11H19FN4O. The Balaban J connectivity index is 1.91. The molecule has 0 aromatic carbocycles. The first-order valence-corrected chi connectivity index (χ1v) is 5.90. The predicted octanol–water partition coefficient (Wildman–Crippen LogP) is 0.464. The Morgan fingerprint density at radius 3 is 3.12 bits per heavy atom. The third-order valence-electron chi connectivity index (χ3n) is 3.00. The molecule has 0 aliphatic carbocycles. The van der Waals surface area contributed by atoms with E-state index in [0.717, 1.165) is 6.54 Å². The van der Waals surface area contributed by atoms with Crippen LogP contribution in [0, 0.1) is 0 Å². The molecule has 0 bridgehead atoms. The fourth-order valence-corrected chi connectivity index (χ4v) is 2.15. The van der Waals surface area contributed by atoms with Crippen LogP contribution >= 0.6 is 0 Å². The summed E-state index contributed by atoms with van der Waals surface area (Å²) in [5.74, 6) is 0.673. The molecule has 5 nitrogen and oxygen atoms in total. The van der Waals surface area contributed by atoms with Crippen LogP contribution in [0.2, 0.25) is 0 Å². The topological polar surface area (TPSA) is 52.0 Å². The summed E-state index contributed by atoms with van der Waals surface area (Å²) in [6, 6.07) is 0.0898. The van der Waals surface area contributed by atoms with E-state index in [0.29, 0.717) is 25.5 Å². The number of hydrogen-bond acceptors (Lipinski definition) is 4. The summed E-state index contributed by atoms with van der Waals surface area (Å²) >= 11 is 0. The van der Waals surface area contributed by atoms with E-state index in [2.05, 4.69) is 15.4 Å². The lowest BCUT2D eigenvalue weighted by atomic mass is 9.94. The zero-order valence-corrected chi connectivity index (χ0v) is 10.3. The molecular weight excluding hydrogens is 223 g/mol. The number of aromatic nitrogens is 3. The number of ether oxygens (including phenoxy) is 1. The summed E-state index contributed by atoms with van der Waals surface area (Å²) < 4.78 is 21.4. The second-order valence-corrected chi connectivity index (χ2v) is 4.82. The van der Waals surface area contributed by atoms with Gasteiger partial charge in [0.25, 0.3) is 0 Å². The van der Waals surface area contributed by atoms with Crippen LogP contribution in [0.5, 0.6) is 0 Å². The van der Waals surface area contributed by atoms with Crippen LogP contribution in [-0.2, 0) is 18.2 Å². The Hall–Kier alpha value is -1.01. The minimum Gasteiger partial charge on any atom is -0.379 e. The number of nitrogens with zero attached hydrogens (tertiary/aromatic N) is 3. The molecule has 96 valence electrons. The van der Waals surface area contributed by atoms with Crippen molar-refractivity contribution in [3.05, 3.63) is 12.2 Å². The summed E-state index contributed by atoms with van der Waals surface area (Å²) in [6.45, 7) is 3.70. The van der Waals surface area contributed by atoms with Crippen LogP contribution < -0.4 is 5.32 Å². The van der Waals surface area contributed by atoms with Gasteiger partial charge >= 0.3 is 0 Å². The zero-order valence-electron chi connectivity index (χ0n) is 10.3. The lowest BCUT2D eigenvalue weighted by Crippen LogP contribution is -2.45. The van der Waals surface area contributed by atoms with Crippen LogP contribution in [0.4, 0.5) is 4.39 Å². The van der Waals surface area contributed by atoms with E-state index in [1.807, 2.05) is 0 Å². The quantitative estimate of drug-likeness (QED) is 0.833. The molecule has 0 amide bonds. The average Bonchev–Trinajstić information content (AvgIpc) is 2.64. The maximum atomic E-state index is 14.4. The van der Waals surface area contributed by atoms with Crippen LogP contribution in [-0.4, -0.2) is 46.2 Å². The first kappa shape index (κ1) is 12.4. The van der Waals surface area contributed by atoms with Gasteiger partial charge in [-0.05, 0) is 13.3 Å². The SMILES string of the molecule is Cn1ncnc1CC(C)(F)CC1COCCN1. The number of halogens is 1. The maximum Gasteiger partial charge on any atom is 0.138 e. The van der Waals surface area contributed by atoms with Gasteiger partial charge in [-0.15, -0.1) is 0 Å². The van der Waals surface area contributed by atoms with Crippen molar-refractivity contribution in [2.24, 2.45) is 7.05 Å². The van der Waals surface area contributed by atoms with E-state index < -0.39 is 5.67 Å². The van der Waals surface area contributed by atoms with E-state index in [9.17, 15) is 4.39 Å². The molecule has 1 aliphatic heterocycles. The second-order valence-electron chi connectivity index (χ2n) is 4.82. The number of aryl methyl sites for hydroxylation is 1. The van der Waals surface area contributed by atoms with Gasteiger partial charge in [0.1, 0.15) is 17.8 Å². The van der Waals surface area contributed by atoms with Crippen molar-refractivity contribution in [3.8, 4) is 0 Å². The molecule has 1 aromatic heterocycles. The molecule has 17 heavy (non-hydrogen) atoms. The Morgan fingerprint density at radius 1 is 1.71 bits per heavy atom. The highest BCUT2D eigenvalue weighted by Crippen LogP contribution is 2.23. The van der Waals surface area contributed by atoms with Gasteiger partial charge in [0.15, 0.2) is 0 Å². The Labute approximate surface area is 100 Å². The Morgan fingerprint density at radius 2 is 2.53 bits per heavy atom. The predicted molar refractivity (Wildman–Crippen MR) is 61.4 cm³/mol. The third kappa shape index (κ3) is 3.47. The van der Waals surface area contributed by atoms with Crippen molar-refractivity contribution in [3.63, 3.8) is 0 Å². The van der Waals surface area contributed by atoms with E-state index in [4.69, 9.17) is 4.74 Å². The monoisotopic (exact) mass is 242 g/mol. The zero-order chi connectivity index (χ0) is 12.3. The standard InChI is InChI=1S/C11H19FN4O/c1-11(12,5-9-7-17-4-3-13-9)6-10-14-8-15-16(10)2/h8-9,13H,3-7H2,1-2H3. The molecule has 1 fully saturated rings. The minimum absolute atomic E-state index is 0.0898. The summed E-state index contributed by atoms with van der Waals surface area (Å²) in [4.78, 5) is 4.05. The highest BCUT2D eigenvalue weighted by molar-refractivity contribution is 4.94. The van der Waals surface area contributed by atoms with Gasteiger partial charge in [-0.25, -0.2) is 9.37 Å². The smallest absolute Gasteiger partial charge is 0.138 e. The molecule has 2 unspecified atom stereocenters. The fourth-order valence-electron chi connectivity index (χ4n) is 2.15. The van der Waals surface area contributed by atoms with E-state index in [-0.39, 0.29) is 12.5 Å². The van der Waals surface area contributed by atoms with E-state index >= 15 is 0 Å². The normalized spacial score (nSPS) is 24.5. The summed E-state index contributed by atoms with van der Waals surface area (Å²) in [7, 11) is 1.78. The van der Waals surface area contributed by atoms with Crippen molar-refractivity contribution in [1.82, 2.24) is 20.1 Å². The molecule has 1 aliphatic rings. The van der Waals surface area contributed by atoms with Crippen LogP contribution in [0.15, 0.2) is 6.33 Å². The number of alkyl halides is 1. The van der Waals surface area contributed by atoms with Gasteiger partial charge in [-0.3, -0.25) is 4.68 Å². The molecule has 0 saturated carbocycles. The fraction of sp³-hybridized carbons (Fsp3) is 0.818. The summed E-state index contributed by atoms with van der Waals surface area (Å²) in [5.41, 5.74) is -1.29. The van der Waals surface area contributed by atoms with E-state index in [1.165, 1.54) is 6.33 Å². The third-order valence-corrected chi connectivity index (χ3v) is 3.00. The second kappa shape index (κ2) is 5.10. The first-order chi connectivity index (χ1) is 8.07. The Kier molecular flexibility index (Phi) is 3.73. The number of rotatable bonds is 4.